The Labute approximate surface area is 213 Å². The zero-order valence-electron chi connectivity index (χ0n) is 19.8. The number of fused-ring (bicyclic) bond motifs is 1. The lowest BCUT2D eigenvalue weighted by Gasteiger charge is -2.21. The van der Waals surface area contributed by atoms with Gasteiger partial charge in [-0.3, -0.25) is 0 Å². The van der Waals surface area contributed by atoms with Gasteiger partial charge in [-0.2, -0.15) is 4.72 Å². The van der Waals surface area contributed by atoms with Crippen molar-refractivity contribution in [1.29, 1.82) is 0 Å². The van der Waals surface area contributed by atoms with Gasteiger partial charge < -0.3 is 9.15 Å². The van der Waals surface area contributed by atoms with Crippen LogP contribution in [0.3, 0.4) is 0 Å². The number of sulfonamides is 1. The van der Waals surface area contributed by atoms with E-state index >= 15 is 0 Å². The van der Waals surface area contributed by atoms with Crippen molar-refractivity contribution in [2.75, 3.05) is 0 Å². The molecule has 0 spiro atoms. The summed E-state index contributed by atoms with van der Waals surface area (Å²) in [5.41, 5.74) is 1.91. The lowest BCUT2D eigenvalue weighted by Crippen LogP contribution is -2.46. The maximum absolute atomic E-state index is 13.1. The molecule has 0 fully saturated rings. The molecule has 0 unspecified atom stereocenters. The fraction of sp³-hybridized carbons (Fsp3) is 0.185. The molecule has 3 aromatic carbocycles. The van der Waals surface area contributed by atoms with Crippen LogP contribution in [0.1, 0.15) is 19.4 Å². The van der Waals surface area contributed by atoms with Crippen LogP contribution in [0.2, 0.25) is 5.02 Å². The molecule has 0 aliphatic rings. The summed E-state index contributed by atoms with van der Waals surface area (Å²) < 4.78 is 39.0. The van der Waals surface area contributed by atoms with Gasteiger partial charge in [-0.05, 0) is 42.2 Å². The maximum Gasteiger partial charge on any atom is 0.336 e. The Hall–Kier alpha value is -3.46. The van der Waals surface area contributed by atoms with E-state index in [4.69, 9.17) is 20.8 Å². The van der Waals surface area contributed by atoms with Crippen molar-refractivity contribution in [2.24, 2.45) is 5.92 Å². The fourth-order valence-electron chi connectivity index (χ4n) is 3.68. The Balaban J connectivity index is 1.66. The second kappa shape index (κ2) is 10.3. The highest BCUT2D eigenvalue weighted by Crippen LogP contribution is 2.35. The highest BCUT2D eigenvalue weighted by atomic mass is 35.5. The van der Waals surface area contributed by atoms with E-state index < -0.39 is 33.6 Å². The molecule has 0 aliphatic carbocycles. The second-order valence-corrected chi connectivity index (χ2v) is 10.8. The second-order valence-electron chi connectivity index (χ2n) is 8.70. The van der Waals surface area contributed by atoms with Crippen LogP contribution in [0, 0.1) is 12.8 Å². The minimum absolute atomic E-state index is 0.0329. The SMILES string of the molecule is Cc1ccc(S(=O)(=O)N[C@H](C(=O)Oc2cc3oc(=O)cc(-c4ccccc4)c3cc2Cl)C(C)C)cc1. The van der Waals surface area contributed by atoms with Crippen molar-refractivity contribution in [3.8, 4) is 16.9 Å². The molecule has 1 heterocycles. The fourth-order valence-corrected chi connectivity index (χ4v) is 5.21. The minimum atomic E-state index is -3.99. The van der Waals surface area contributed by atoms with Gasteiger partial charge in [0.2, 0.25) is 10.0 Å². The molecule has 9 heteroatoms. The quantitative estimate of drug-likeness (QED) is 0.199. The van der Waals surface area contributed by atoms with Gasteiger partial charge in [0.15, 0.2) is 5.75 Å². The van der Waals surface area contributed by atoms with Gasteiger partial charge in [-0.25, -0.2) is 18.0 Å². The molecule has 1 aromatic heterocycles. The first-order chi connectivity index (χ1) is 17.0. The summed E-state index contributed by atoms with van der Waals surface area (Å²) in [4.78, 5) is 25.3. The molecule has 0 saturated carbocycles. The molecule has 186 valence electrons. The smallest absolute Gasteiger partial charge is 0.336 e. The molecule has 0 bridgehead atoms. The van der Waals surface area contributed by atoms with Gasteiger partial charge in [0.05, 0.1) is 9.92 Å². The van der Waals surface area contributed by atoms with Gasteiger partial charge in [0, 0.05) is 17.5 Å². The number of carbonyl (C=O) groups excluding carboxylic acids is 1. The molecule has 0 saturated heterocycles. The van der Waals surface area contributed by atoms with E-state index in [2.05, 4.69) is 4.72 Å². The lowest BCUT2D eigenvalue weighted by molar-refractivity contribution is -0.137. The summed E-state index contributed by atoms with van der Waals surface area (Å²) in [5.74, 6) is -1.33. The normalized spacial score (nSPS) is 12.6. The molecule has 1 atom stereocenters. The number of aryl methyl sites for hydroxylation is 1. The standard InChI is InChI=1S/C27H24ClNO6S/c1-16(2)26(29-36(32,33)19-11-9-17(3)10-12-19)27(31)35-24-15-23-21(13-22(24)28)20(14-25(30)34-23)18-7-5-4-6-8-18/h4-16,26,29H,1-3H3/t26-/m0/s1. The van der Waals surface area contributed by atoms with E-state index in [9.17, 15) is 18.0 Å². The van der Waals surface area contributed by atoms with Crippen LogP contribution in [0.15, 0.2) is 86.9 Å². The Kier molecular flexibility index (Phi) is 7.31. The van der Waals surface area contributed by atoms with Crippen molar-refractivity contribution in [3.63, 3.8) is 0 Å². The van der Waals surface area contributed by atoms with Crippen molar-refractivity contribution >= 4 is 38.6 Å². The van der Waals surface area contributed by atoms with Crippen LogP contribution in [0.25, 0.3) is 22.1 Å². The molecule has 36 heavy (non-hydrogen) atoms. The number of esters is 1. The number of hydrogen-bond donors (Lipinski definition) is 1. The van der Waals surface area contributed by atoms with E-state index in [-0.39, 0.29) is 21.3 Å². The largest absolute Gasteiger partial charge is 0.424 e. The zero-order chi connectivity index (χ0) is 26.0. The molecule has 0 amide bonds. The molecular formula is C27H24ClNO6S. The third-order valence-electron chi connectivity index (χ3n) is 5.63. The van der Waals surface area contributed by atoms with E-state index in [1.807, 2.05) is 37.3 Å². The van der Waals surface area contributed by atoms with Crippen LogP contribution in [0.4, 0.5) is 0 Å². The van der Waals surface area contributed by atoms with Crippen molar-refractivity contribution in [3.05, 3.63) is 93.8 Å². The number of carbonyl (C=O) groups is 1. The van der Waals surface area contributed by atoms with Gasteiger partial charge in [0.25, 0.3) is 0 Å². The van der Waals surface area contributed by atoms with E-state index in [0.29, 0.717) is 10.9 Å². The van der Waals surface area contributed by atoms with Crippen LogP contribution in [0.5, 0.6) is 5.75 Å². The summed E-state index contributed by atoms with van der Waals surface area (Å²) in [6.45, 7) is 5.23. The molecule has 4 rings (SSSR count). The van der Waals surface area contributed by atoms with Crippen molar-refractivity contribution in [2.45, 2.75) is 31.7 Å². The number of halogens is 1. The first-order valence-corrected chi connectivity index (χ1v) is 13.0. The van der Waals surface area contributed by atoms with E-state index in [1.54, 1.807) is 32.0 Å². The Morgan fingerprint density at radius 3 is 2.31 bits per heavy atom. The summed E-state index contributed by atoms with van der Waals surface area (Å²) in [7, 11) is -3.99. The number of nitrogens with one attached hydrogen (secondary N) is 1. The monoisotopic (exact) mass is 525 g/mol. The first-order valence-electron chi connectivity index (χ1n) is 11.2. The van der Waals surface area contributed by atoms with Crippen molar-refractivity contribution < 1.29 is 22.4 Å². The molecule has 1 N–H and O–H groups in total. The third-order valence-corrected chi connectivity index (χ3v) is 7.38. The van der Waals surface area contributed by atoms with E-state index in [0.717, 1.165) is 11.1 Å². The molecule has 0 radical (unpaired) electrons. The van der Waals surface area contributed by atoms with E-state index in [1.165, 1.54) is 24.3 Å². The first kappa shape index (κ1) is 25.6. The maximum atomic E-state index is 13.1. The van der Waals surface area contributed by atoms with Crippen molar-refractivity contribution in [1.82, 2.24) is 4.72 Å². The average Bonchev–Trinajstić information content (AvgIpc) is 2.83. The van der Waals surface area contributed by atoms with Gasteiger partial charge in [-0.15, -0.1) is 0 Å². The van der Waals surface area contributed by atoms with Gasteiger partial charge >= 0.3 is 11.6 Å². The van der Waals surface area contributed by atoms with Crippen LogP contribution < -0.4 is 15.1 Å². The number of hydrogen-bond acceptors (Lipinski definition) is 6. The third kappa shape index (κ3) is 5.51. The molecule has 7 nitrogen and oxygen atoms in total. The van der Waals surface area contributed by atoms with Crippen LogP contribution >= 0.6 is 11.6 Å². The number of ether oxygens (including phenoxy) is 1. The topological polar surface area (TPSA) is 103 Å². The predicted octanol–water partition coefficient (Wildman–Crippen LogP) is 5.33. The Bertz CT molecular complexity index is 1580. The summed E-state index contributed by atoms with van der Waals surface area (Å²) in [5, 5.41) is 0.664. The number of rotatable bonds is 7. The lowest BCUT2D eigenvalue weighted by atomic mass is 10.0. The Morgan fingerprint density at radius 1 is 1.00 bits per heavy atom. The Morgan fingerprint density at radius 2 is 1.67 bits per heavy atom. The highest BCUT2D eigenvalue weighted by molar-refractivity contribution is 7.89. The predicted molar refractivity (Wildman–Crippen MR) is 139 cm³/mol. The van der Waals surface area contributed by atoms with Crippen LogP contribution in [-0.4, -0.2) is 20.4 Å². The van der Waals surface area contributed by atoms with Gasteiger partial charge in [0.1, 0.15) is 11.6 Å². The molecule has 0 aliphatic heterocycles. The summed E-state index contributed by atoms with van der Waals surface area (Å²) in [6, 6.07) is 18.6. The zero-order valence-corrected chi connectivity index (χ0v) is 21.4. The minimum Gasteiger partial charge on any atom is -0.424 e. The molecule has 4 aromatic rings. The highest BCUT2D eigenvalue weighted by Gasteiger charge is 2.30. The van der Waals surface area contributed by atoms with Gasteiger partial charge in [-0.1, -0.05) is 73.5 Å². The average molecular weight is 526 g/mol. The molecular weight excluding hydrogens is 502 g/mol. The summed E-state index contributed by atoms with van der Waals surface area (Å²) >= 11 is 6.44. The number of benzene rings is 3. The summed E-state index contributed by atoms with van der Waals surface area (Å²) in [6.07, 6.45) is 0. The van der Waals surface area contributed by atoms with Crippen LogP contribution in [-0.2, 0) is 14.8 Å².